The van der Waals surface area contributed by atoms with E-state index in [4.69, 9.17) is 5.73 Å². The first-order valence-corrected chi connectivity index (χ1v) is 5.27. The molecule has 3 heterocycles. The lowest BCUT2D eigenvalue weighted by molar-refractivity contribution is 0.735. The number of nitrogens with zero attached hydrogens (tertiary/aromatic N) is 6. The van der Waals surface area contributed by atoms with Crippen LogP contribution in [0.15, 0.2) is 6.20 Å². The highest BCUT2D eigenvalue weighted by Crippen LogP contribution is 2.16. The molecule has 1 atom stereocenters. The van der Waals surface area contributed by atoms with Gasteiger partial charge in [-0.15, -0.1) is 5.10 Å². The van der Waals surface area contributed by atoms with Crippen molar-refractivity contribution in [2.24, 2.45) is 12.8 Å². The Morgan fingerprint density at radius 3 is 3.12 bits per heavy atom. The van der Waals surface area contributed by atoms with Crippen LogP contribution in [0.25, 0.3) is 11.2 Å². The normalized spacial score (nSPS) is 20.9. The lowest BCUT2D eigenvalue weighted by Gasteiger charge is -2.14. The molecule has 0 aliphatic carbocycles. The van der Waals surface area contributed by atoms with Crippen molar-refractivity contribution < 1.29 is 0 Å². The van der Waals surface area contributed by atoms with Gasteiger partial charge in [0.05, 0.1) is 6.20 Å². The number of anilines is 1. The maximum Gasteiger partial charge on any atom is 0.227 e. The summed E-state index contributed by atoms with van der Waals surface area (Å²) in [5.74, 6) is 0.695. The van der Waals surface area contributed by atoms with Crippen molar-refractivity contribution in [1.29, 1.82) is 0 Å². The van der Waals surface area contributed by atoms with E-state index in [2.05, 4.69) is 25.2 Å². The van der Waals surface area contributed by atoms with E-state index in [1.807, 2.05) is 7.05 Å². The Balaban J connectivity index is 1.99. The quantitative estimate of drug-likeness (QED) is 0.682. The highest BCUT2D eigenvalue weighted by atomic mass is 15.4. The van der Waals surface area contributed by atoms with Crippen LogP contribution in [-0.4, -0.2) is 44.1 Å². The van der Waals surface area contributed by atoms with Crippen molar-refractivity contribution in [2.75, 3.05) is 18.0 Å². The Morgan fingerprint density at radius 1 is 1.50 bits per heavy atom. The average molecular weight is 219 g/mol. The fourth-order valence-electron chi connectivity index (χ4n) is 1.94. The van der Waals surface area contributed by atoms with Crippen LogP contribution in [0, 0.1) is 0 Å². The monoisotopic (exact) mass is 219 g/mol. The highest BCUT2D eigenvalue weighted by Gasteiger charge is 2.21. The summed E-state index contributed by atoms with van der Waals surface area (Å²) in [6.45, 7) is 1.72. The zero-order valence-corrected chi connectivity index (χ0v) is 9.04. The van der Waals surface area contributed by atoms with Gasteiger partial charge in [0.15, 0.2) is 0 Å². The van der Waals surface area contributed by atoms with Gasteiger partial charge in [-0.2, -0.15) is 4.98 Å². The second kappa shape index (κ2) is 3.38. The molecule has 0 aromatic carbocycles. The van der Waals surface area contributed by atoms with Crippen LogP contribution in [-0.2, 0) is 7.05 Å². The topological polar surface area (TPSA) is 85.8 Å². The van der Waals surface area contributed by atoms with Gasteiger partial charge in [0.2, 0.25) is 11.6 Å². The smallest absolute Gasteiger partial charge is 0.227 e. The SMILES string of the molecule is Cn1nnc2nc(N3CCC(N)C3)ncc21. The molecule has 1 aliphatic heterocycles. The predicted molar refractivity (Wildman–Crippen MR) is 58.9 cm³/mol. The molecule has 2 aromatic rings. The molecular formula is C9H13N7. The zero-order valence-electron chi connectivity index (χ0n) is 9.04. The molecule has 0 bridgehead atoms. The summed E-state index contributed by atoms with van der Waals surface area (Å²) in [6, 6.07) is 0.223. The maximum absolute atomic E-state index is 5.85. The van der Waals surface area contributed by atoms with Gasteiger partial charge < -0.3 is 10.6 Å². The van der Waals surface area contributed by atoms with Gasteiger partial charge in [0, 0.05) is 26.2 Å². The van der Waals surface area contributed by atoms with Crippen LogP contribution < -0.4 is 10.6 Å². The molecule has 1 unspecified atom stereocenters. The zero-order chi connectivity index (χ0) is 11.1. The van der Waals surface area contributed by atoms with E-state index in [9.17, 15) is 0 Å². The van der Waals surface area contributed by atoms with E-state index >= 15 is 0 Å². The van der Waals surface area contributed by atoms with Crippen molar-refractivity contribution >= 4 is 17.1 Å². The average Bonchev–Trinajstić information content (AvgIpc) is 2.86. The minimum Gasteiger partial charge on any atom is -0.339 e. The van der Waals surface area contributed by atoms with E-state index in [-0.39, 0.29) is 6.04 Å². The number of hydrogen-bond acceptors (Lipinski definition) is 6. The van der Waals surface area contributed by atoms with E-state index < -0.39 is 0 Å². The molecule has 0 spiro atoms. The van der Waals surface area contributed by atoms with Gasteiger partial charge >= 0.3 is 0 Å². The number of fused-ring (bicyclic) bond motifs is 1. The lowest BCUT2D eigenvalue weighted by atomic mass is 10.3. The van der Waals surface area contributed by atoms with E-state index in [1.165, 1.54) is 0 Å². The Bertz CT molecular complexity index is 520. The van der Waals surface area contributed by atoms with Gasteiger partial charge in [-0.25, -0.2) is 9.67 Å². The van der Waals surface area contributed by atoms with Gasteiger partial charge in [-0.1, -0.05) is 5.21 Å². The van der Waals surface area contributed by atoms with Crippen molar-refractivity contribution in [3.63, 3.8) is 0 Å². The Kier molecular flexibility index (Phi) is 2.00. The molecule has 1 aliphatic rings. The van der Waals surface area contributed by atoms with Crippen molar-refractivity contribution in [2.45, 2.75) is 12.5 Å². The molecule has 7 nitrogen and oxygen atoms in total. The minimum absolute atomic E-state index is 0.223. The van der Waals surface area contributed by atoms with Gasteiger partial charge in [-0.05, 0) is 6.42 Å². The molecule has 2 N–H and O–H groups in total. The van der Waals surface area contributed by atoms with Crippen molar-refractivity contribution in [3.8, 4) is 0 Å². The van der Waals surface area contributed by atoms with E-state index in [1.54, 1.807) is 10.9 Å². The Labute approximate surface area is 92.3 Å². The first-order valence-electron chi connectivity index (χ1n) is 5.27. The number of nitrogens with two attached hydrogens (primary N) is 1. The summed E-state index contributed by atoms with van der Waals surface area (Å²) >= 11 is 0. The molecule has 1 saturated heterocycles. The molecule has 0 amide bonds. The second-order valence-electron chi connectivity index (χ2n) is 4.09. The van der Waals surface area contributed by atoms with Crippen LogP contribution in [0.2, 0.25) is 0 Å². The fraction of sp³-hybridized carbons (Fsp3) is 0.556. The number of aryl methyl sites for hydroxylation is 1. The fourth-order valence-corrected chi connectivity index (χ4v) is 1.94. The highest BCUT2D eigenvalue weighted by molar-refractivity contribution is 5.69. The largest absolute Gasteiger partial charge is 0.339 e. The maximum atomic E-state index is 5.85. The van der Waals surface area contributed by atoms with Crippen LogP contribution >= 0.6 is 0 Å². The van der Waals surface area contributed by atoms with Crippen molar-refractivity contribution in [1.82, 2.24) is 25.0 Å². The summed E-state index contributed by atoms with van der Waals surface area (Å²) in [6.07, 6.45) is 2.74. The third-order valence-corrected chi connectivity index (χ3v) is 2.87. The molecule has 3 rings (SSSR count). The van der Waals surface area contributed by atoms with Crippen LogP contribution in [0.1, 0.15) is 6.42 Å². The van der Waals surface area contributed by atoms with Crippen molar-refractivity contribution in [3.05, 3.63) is 6.20 Å². The lowest BCUT2D eigenvalue weighted by Crippen LogP contribution is -2.27. The summed E-state index contributed by atoms with van der Waals surface area (Å²) in [5, 5.41) is 7.87. The molecule has 1 fully saturated rings. The molecule has 0 saturated carbocycles. The summed E-state index contributed by atoms with van der Waals surface area (Å²) in [7, 11) is 1.82. The van der Waals surface area contributed by atoms with Crippen LogP contribution in [0.3, 0.4) is 0 Å². The van der Waals surface area contributed by atoms with Crippen LogP contribution in [0.5, 0.6) is 0 Å². The van der Waals surface area contributed by atoms with E-state index in [0.29, 0.717) is 11.6 Å². The predicted octanol–water partition coefficient (Wildman–Crippen LogP) is -0.704. The molecule has 84 valence electrons. The second-order valence-corrected chi connectivity index (χ2v) is 4.09. The number of aromatic nitrogens is 5. The standard InChI is InChI=1S/C9H13N7/c1-15-7-4-11-9(12-8(7)13-14-15)16-3-2-6(10)5-16/h4,6H,2-3,5,10H2,1H3. The molecular weight excluding hydrogens is 206 g/mol. The summed E-state index contributed by atoms with van der Waals surface area (Å²) < 4.78 is 1.66. The van der Waals surface area contributed by atoms with E-state index in [0.717, 1.165) is 25.0 Å². The first kappa shape index (κ1) is 9.46. The third-order valence-electron chi connectivity index (χ3n) is 2.87. The molecule has 2 aromatic heterocycles. The van der Waals surface area contributed by atoms with Gasteiger partial charge in [-0.3, -0.25) is 0 Å². The molecule has 0 radical (unpaired) electrons. The number of hydrogen-bond donors (Lipinski definition) is 1. The Hall–Kier alpha value is -1.76. The number of rotatable bonds is 1. The van der Waals surface area contributed by atoms with Gasteiger partial charge in [0.25, 0.3) is 0 Å². The Morgan fingerprint density at radius 2 is 2.38 bits per heavy atom. The summed E-state index contributed by atoms with van der Waals surface area (Å²) in [4.78, 5) is 10.8. The van der Waals surface area contributed by atoms with Gasteiger partial charge in [0.1, 0.15) is 5.52 Å². The summed E-state index contributed by atoms with van der Waals surface area (Å²) in [5.41, 5.74) is 7.32. The molecule has 16 heavy (non-hydrogen) atoms. The minimum atomic E-state index is 0.223. The van der Waals surface area contributed by atoms with Crippen LogP contribution in [0.4, 0.5) is 5.95 Å². The molecule has 7 heteroatoms. The first-order chi connectivity index (χ1) is 7.74. The third kappa shape index (κ3) is 1.40.